The summed E-state index contributed by atoms with van der Waals surface area (Å²) in [7, 11) is 0. The molecule has 0 amide bonds. The zero-order valence-corrected chi connectivity index (χ0v) is 12.9. The van der Waals surface area contributed by atoms with E-state index in [0.29, 0.717) is 36.6 Å². The Hall–Kier alpha value is -1.62. The molecule has 1 rings (SSSR count). The third kappa shape index (κ3) is 3.93. The Labute approximate surface area is 119 Å². The van der Waals surface area contributed by atoms with E-state index in [4.69, 9.17) is 9.47 Å². The molecule has 0 saturated heterocycles. The van der Waals surface area contributed by atoms with Crippen LogP contribution >= 0.6 is 0 Å². The highest BCUT2D eigenvalue weighted by molar-refractivity contribution is 5.92. The van der Waals surface area contributed by atoms with Crippen LogP contribution in [0.2, 0.25) is 0 Å². The highest BCUT2D eigenvalue weighted by Gasteiger charge is 2.17. The summed E-state index contributed by atoms with van der Waals surface area (Å²) in [4.78, 5) is 24.0. The average Bonchev–Trinajstić information content (AvgIpc) is 2.33. The summed E-state index contributed by atoms with van der Waals surface area (Å²) >= 11 is 0. The lowest BCUT2D eigenvalue weighted by Crippen LogP contribution is -2.28. The molecule has 20 heavy (non-hydrogen) atoms. The van der Waals surface area contributed by atoms with Crippen molar-refractivity contribution in [1.29, 1.82) is 0 Å². The number of ether oxygens (including phenoxy) is 2. The maximum absolute atomic E-state index is 12.0. The number of aryl methyl sites for hydroxylation is 1. The molecule has 0 aliphatic rings. The lowest BCUT2D eigenvalue weighted by molar-refractivity contribution is 0.0520. The Balaban J connectivity index is 3.09. The van der Waals surface area contributed by atoms with Crippen LogP contribution < -0.4 is 5.56 Å². The number of nitrogens with zero attached hydrogens (tertiary/aromatic N) is 1. The molecule has 112 valence electrons. The molecule has 0 aliphatic heterocycles. The molecule has 1 heterocycles. The third-order valence-electron chi connectivity index (χ3n) is 3.01. The summed E-state index contributed by atoms with van der Waals surface area (Å²) in [5, 5.41) is 0. The minimum Gasteiger partial charge on any atom is -0.462 e. The predicted molar refractivity (Wildman–Crippen MR) is 77.2 cm³/mol. The molecule has 0 saturated carbocycles. The van der Waals surface area contributed by atoms with Crippen molar-refractivity contribution in [1.82, 2.24) is 4.57 Å². The number of aromatic nitrogens is 1. The van der Waals surface area contributed by atoms with Gasteiger partial charge >= 0.3 is 5.97 Å². The van der Waals surface area contributed by atoms with Crippen LogP contribution in [-0.2, 0) is 16.0 Å². The Morgan fingerprint density at radius 3 is 2.55 bits per heavy atom. The molecule has 0 aromatic carbocycles. The molecular weight excluding hydrogens is 258 g/mol. The number of hydrogen-bond donors (Lipinski definition) is 0. The quantitative estimate of drug-likeness (QED) is 0.749. The van der Waals surface area contributed by atoms with Crippen LogP contribution in [0.3, 0.4) is 0 Å². The smallest absolute Gasteiger partial charge is 0.340 e. The van der Waals surface area contributed by atoms with E-state index in [-0.39, 0.29) is 17.6 Å². The van der Waals surface area contributed by atoms with Gasteiger partial charge in [-0.25, -0.2) is 4.79 Å². The van der Waals surface area contributed by atoms with Gasteiger partial charge in [-0.05, 0) is 40.2 Å². The van der Waals surface area contributed by atoms with E-state index < -0.39 is 0 Å². The van der Waals surface area contributed by atoms with Gasteiger partial charge in [-0.3, -0.25) is 4.79 Å². The van der Waals surface area contributed by atoms with Gasteiger partial charge in [0.2, 0.25) is 0 Å². The van der Waals surface area contributed by atoms with E-state index in [1.807, 2.05) is 13.8 Å². The van der Waals surface area contributed by atoms with Crippen molar-refractivity contribution >= 4 is 5.97 Å². The van der Waals surface area contributed by atoms with Gasteiger partial charge in [-0.2, -0.15) is 0 Å². The largest absolute Gasteiger partial charge is 0.462 e. The van der Waals surface area contributed by atoms with E-state index in [0.717, 1.165) is 0 Å². The monoisotopic (exact) mass is 281 g/mol. The van der Waals surface area contributed by atoms with Gasteiger partial charge in [-0.1, -0.05) is 0 Å². The predicted octanol–water partition coefficient (Wildman–Crippen LogP) is 2.07. The molecule has 0 atom stereocenters. The first-order chi connectivity index (χ1) is 9.38. The summed E-state index contributed by atoms with van der Waals surface area (Å²) in [6, 6.07) is 1.47. The van der Waals surface area contributed by atoms with E-state index in [1.54, 1.807) is 25.3 Å². The fourth-order valence-corrected chi connectivity index (χ4v) is 2.09. The molecule has 0 spiro atoms. The van der Waals surface area contributed by atoms with Crippen molar-refractivity contribution in [2.24, 2.45) is 0 Å². The van der Waals surface area contributed by atoms with Gasteiger partial charge in [0, 0.05) is 18.3 Å². The number of carbonyl (C=O) groups excluding carboxylic acids is 1. The van der Waals surface area contributed by atoms with E-state index in [9.17, 15) is 9.59 Å². The Bertz CT molecular complexity index is 531. The van der Waals surface area contributed by atoms with Gasteiger partial charge in [0.1, 0.15) is 0 Å². The SMILES string of the molecule is CCOC(=O)c1c(C)cc(=O)n(CCOC(C)C)c1C. The topological polar surface area (TPSA) is 57.5 Å². The van der Waals surface area contributed by atoms with E-state index in [1.165, 1.54) is 6.07 Å². The minimum atomic E-state index is -0.388. The number of carbonyl (C=O) groups is 1. The number of pyridine rings is 1. The molecule has 5 nitrogen and oxygen atoms in total. The fourth-order valence-electron chi connectivity index (χ4n) is 2.09. The van der Waals surface area contributed by atoms with Crippen LogP contribution in [0.1, 0.15) is 42.4 Å². The number of esters is 1. The molecule has 0 radical (unpaired) electrons. The normalized spacial score (nSPS) is 10.9. The van der Waals surface area contributed by atoms with Crippen molar-refractivity contribution in [2.45, 2.75) is 47.3 Å². The summed E-state index contributed by atoms with van der Waals surface area (Å²) in [5.41, 5.74) is 1.61. The van der Waals surface area contributed by atoms with Gasteiger partial charge in [-0.15, -0.1) is 0 Å². The van der Waals surface area contributed by atoms with Gasteiger partial charge in [0.15, 0.2) is 0 Å². The lowest BCUT2D eigenvalue weighted by Gasteiger charge is -2.16. The first-order valence-corrected chi connectivity index (χ1v) is 6.88. The van der Waals surface area contributed by atoms with Gasteiger partial charge in [0.25, 0.3) is 5.56 Å². The molecule has 0 fully saturated rings. The molecule has 0 unspecified atom stereocenters. The molecule has 1 aromatic rings. The van der Waals surface area contributed by atoms with Crippen LogP contribution in [-0.4, -0.2) is 29.9 Å². The van der Waals surface area contributed by atoms with Crippen molar-refractivity contribution in [3.8, 4) is 0 Å². The van der Waals surface area contributed by atoms with Crippen LogP contribution in [0.15, 0.2) is 10.9 Å². The number of rotatable bonds is 6. The summed E-state index contributed by atoms with van der Waals surface area (Å²) < 4.78 is 12.1. The molecule has 1 aromatic heterocycles. The van der Waals surface area contributed by atoms with Crippen LogP contribution in [0, 0.1) is 13.8 Å². The number of hydrogen-bond acceptors (Lipinski definition) is 4. The molecule has 0 bridgehead atoms. The zero-order chi connectivity index (χ0) is 15.3. The summed E-state index contributed by atoms with van der Waals surface area (Å²) in [5.74, 6) is -0.388. The molecule has 5 heteroatoms. The van der Waals surface area contributed by atoms with Crippen LogP contribution in [0.25, 0.3) is 0 Å². The van der Waals surface area contributed by atoms with Crippen molar-refractivity contribution in [3.63, 3.8) is 0 Å². The second-order valence-corrected chi connectivity index (χ2v) is 4.92. The maximum atomic E-state index is 12.0. The Morgan fingerprint density at radius 1 is 1.35 bits per heavy atom. The zero-order valence-electron chi connectivity index (χ0n) is 12.9. The molecular formula is C15H23NO4. The Morgan fingerprint density at radius 2 is 2.00 bits per heavy atom. The third-order valence-corrected chi connectivity index (χ3v) is 3.01. The van der Waals surface area contributed by atoms with Crippen LogP contribution in [0.4, 0.5) is 0 Å². The van der Waals surface area contributed by atoms with Crippen molar-refractivity contribution in [3.05, 3.63) is 33.2 Å². The van der Waals surface area contributed by atoms with E-state index in [2.05, 4.69) is 0 Å². The maximum Gasteiger partial charge on any atom is 0.340 e. The molecule has 0 N–H and O–H groups in total. The highest BCUT2D eigenvalue weighted by atomic mass is 16.5. The van der Waals surface area contributed by atoms with Gasteiger partial charge in [0.05, 0.1) is 24.9 Å². The van der Waals surface area contributed by atoms with Crippen molar-refractivity contribution in [2.75, 3.05) is 13.2 Å². The first kappa shape index (κ1) is 16.4. The molecule has 0 aliphatic carbocycles. The average molecular weight is 281 g/mol. The standard InChI is InChI=1S/C15H23NO4/c1-6-19-15(18)14-11(4)9-13(17)16(12(14)5)7-8-20-10(2)3/h9-10H,6-8H2,1-5H3. The fraction of sp³-hybridized carbons (Fsp3) is 0.600. The first-order valence-electron chi connectivity index (χ1n) is 6.88. The second kappa shape index (κ2) is 7.24. The summed E-state index contributed by atoms with van der Waals surface area (Å²) in [6.45, 7) is 10.3. The van der Waals surface area contributed by atoms with Crippen molar-refractivity contribution < 1.29 is 14.3 Å². The lowest BCUT2D eigenvalue weighted by atomic mass is 10.1. The highest BCUT2D eigenvalue weighted by Crippen LogP contribution is 2.13. The second-order valence-electron chi connectivity index (χ2n) is 4.92. The van der Waals surface area contributed by atoms with E-state index >= 15 is 0 Å². The minimum absolute atomic E-state index is 0.112. The summed E-state index contributed by atoms with van der Waals surface area (Å²) in [6.07, 6.45) is 0.112. The van der Waals surface area contributed by atoms with Gasteiger partial charge < -0.3 is 14.0 Å². The Kier molecular flexibility index (Phi) is 5.95. The van der Waals surface area contributed by atoms with Crippen LogP contribution in [0.5, 0.6) is 0 Å².